The first-order valence-corrected chi connectivity index (χ1v) is 6.78. The number of amides is 2. The SMILES string of the molecule is CCNC(=O)CNC(=O)COC(=O)c1ccc(Br)cc1. The first-order chi connectivity index (χ1) is 9.52. The predicted molar refractivity (Wildman–Crippen MR) is 76.1 cm³/mol. The number of hydrogen-bond donors (Lipinski definition) is 2. The van der Waals surface area contributed by atoms with E-state index in [1.54, 1.807) is 31.2 Å². The molecule has 0 spiro atoms. The highest BCUT2D eigenvalue weighted by Crippen LogP contribution is 2.11. The molecule has 0 aliphatic rings. The summed E-state index contributed by atoms with van der Waals surface area (Å²) >= 11 is 3.25. The molecule has 20 heavy (non-hydrogen) atoms. The van der Waals surface area contributed by atoms with Gasteiger partial charge in [-0.15, -0.1) is 0 Å². The van der Waals surface area contributed by atoms with Crippen molar-refractivity contribution in [2.75, 3.05) is 19.7 Å². The van der Waals surface area contributed by atoms with Gasteiger partial charge in [0.15, 0.2) is 6.61 Å². The van der Waals surface area contributed by atoms with Gasteiger partial charge in [-0.1, -0.05) is 15.9 Å². The van der Waals surface area contributed by atoms with Crippen LogP contribution in [-0.4, -0.2) is 37.5 Å². The summed E-state index contributed by atoms with van der Waals surface area (Å²) < 4.78 is 5.67. The van der Waals surface area contributed by atoms with Gasteiger partial charge in [-0.25, -0.2) is 4.79 Å². The Hall–Kier alpha value is -1.89. The van der Waals surface area contributed by atoms with Crippen LogP contribution in [0.1, 0.15) is 17.3 Å². The van der Waals surface area contributed by atoms with Crippen LogP contribution in [0.15, 0.2) is 28.7 Å². The van der Waals surface area contributed by atoms with E-state index in [1.165, 1.54) is 0 Å². The number of carbonyl (C=O) groups is 3. The number of ether oxygens (including phenoxy) is 1. The average Bonchev–Trinajstić information content (AvgIpc) is 2.43. The van der Waals surface area contributed by atoms with Gasteiger partial charge in [-0.3, -0.25) is 9.59 Å². The standard InChI is InChI=1S/C13H15BrN2O4/c1-2-15-11(17)7-16-12(18)8-20-13(19)9-3-5-10(14)6-4-9/h3-6H,2,7-8H2,1H3,(H,15,17)(H,16,18). The molecular formula is C13H15BrN2O4. The van der Waals surface area contributed by atoms with Gasteiger partial charge >= 0.3 is 5.97 Å². The molecule has 108 valence electrons. The highest BCUT2D eigenvalue weighted by molar-refractivity contribution is 9.10. The Morgan fingerprint density at radius 2 is 1.75 bits per heavy atom. The maximum Gasteiger partial charge on any atom is 0.338 e. The van der Waals surface area contributed by atoms with Gasteiger partial charge in [0, 0.05) is 11.0 Å². The summed E-state index contributed by atoms with van der Waals surface area (Å²) in [5.41, 5.74) is 0.352. The molecule has 0 radical (unpaired) electrons. The number of halogens is 1. The second kappa shape index (κ2) is 8.31. The molecule has 0 atom stereocenters. The lowest BCUT2D eigenvalue weighted by Crippen LogP contribution is -2.38. The minimum atomic E-state index is -0.592. The number of nitrogens with one attached hydrogen (secondary N) is 2. The number of carbonyl (C=O) groups excluding carboxylic acids is 3. The summed E-state index contributed by atoms with van der Waals surface area (Å²) in [6, 6.07) is 6.57. The van der Waals surface area contributed by atoms with Crippen molar-refractivity contribution < 1.29 is 19.1 Å². The van der Waals surface area contributed by atoms with Crippen LogP contribution in [0.25, 0.3) is 0 Å². The summed E-state index contributed by atoms with van der Waals surface area (Å²) in [7, 11) is 0. The Balaban J connectivity index is 2.32. The number of benzene rings is 1. The zero-order valence-electron chi connectivity index (χ0n) is 10.9. The van der Waals surface area contributed by atoms with Crippen LogP contribution in [0.4, 0.5) is 0 Å². The van der Waals surface area contributed by atoms with E-state index in [1.807, 2.05) is 0 Å². The third-order valence-electron chi connectivity index (χ3n) is 2.23. The van der Waals surface area contributed by atoms with Crippen molar-refractivity contribution in [2.45, 2.75) is 6.92 Å². The van der Waals surface area contributed by atoms with Gasteiger partial charge in [0.1, 0.15) is 0 Å². The largest absolute Gasteiger partial charge is 0.452 e. The minimum absolute atomic E-state index is 0.136. The van der Waals surface area contributed by atoms with Crippen LogP contribution < -0.4 is 10.6 Å². The Kier molecular flexibility index (Phi) is 6.72. The van der Waals surface area contributed by atoms with E-state index in [2.05, 4.69) is 26.6 Å². The first kappa shape index (κ1) is 16.2. The van der Waals surface area contributed by atoms with Crippen molar-refractivity contribution in [3.8, 4) is 0 Å². The molecule has 0 fully saturated rings. The van der Waals surface area contributed by atoms with E-state index in [9.17, 15) is 14.4 Å². The van der Waals surface area contributed by atoms with Crippen molar-refractivity contribution >= 4 is 33.7 Å². The predicted octanol–water partition coefficient (Wildman–Crippen LogP) is 0.858. The van der Waals surface area contributed by atoms with Crippen LogP contribution in [0.2, 0.25) is 0 Å². The number of rotatable bonds is 6. The molecule has 0 aliphatic heterocycles. The van der Waals surface area contributed by atoms with Crippen LogP contribution in [-0.2, 0) is 14.3 Å². The number of hydrogen-bond acceptors (Lipinski definition) is 4. The van der Waals surface area contributed by atoms with Gasteiger partial charge in [0.2, 0.25) is 5.91 Å². The monoisotopic (exact) mass is 342 g/mol. The van der Waals surface area contributed by atoms with E-state index in [-0.39, 0.29) is 12.5 Å². The van der Waals surface area contributed by atoms with E-state index in [0.29, 0.717) is 12.1 Å². The van der Waals surface area contributed by atoms with Crippen LogP contribution in [0.3, 0.4) is 0 Å². The molecule has 0 unspecified atom stereocenters. The quantitative estimate of drug-likeness (QED) is 0.751. The molecule has 6 nitrogen and oxygen atoms in total. The third kappa shape index (κ3) is 5.83. The van der Waals surface area contributed by atoms with Crippen LogP contribution in [0.5, 0.6) is 0 Å². The van der Waals surface area contributed by atoms with Gasteiger partial charge in [0.05, 0.1) is 12.1 Å². The summed E-state index contributed by atoms with van der Waals surface area (Å²) in [5, 5.41) is 4.88. The second-order valence-electron chi connectivity index (χ2n) is 3.81. The zero-order chi connectivity index (χ0) is 15.0. The normalized spacial score (nSPS) is 9.70. The summed E-state index contributed by atoms with van der Waals surface area (Å²) in [5.74, 6) is -1.41. The fourth-order valence-electron chi connectivity index (χ4n) is 1.29. The van der Waals surface area contributed by atoms with E-state index < -0.39 is 18.5 Å². The average molecular weight is 343 g/mol. The van der Waals surface area contributed by atoms with Gasteiger partial charge in [-0.2, -0.15) is 0 Å². The van der Waals surface area contributed by atoms with Gasteiger partial charge < -0.3 is 15.4 Å². The highest BCUT2D eigenvalue weighted by atomic mass is 79.9. The highest BCUT2D eigenvalue weighted by Gasteiger charge is 2.10. The molecule has 0 saturated heterocycles. The van der Waals surface area contributed by atoms with Crippen molar-refractivity contribution in [3.05, 3.63) is 34.3 Å². The maximum atomic E-state index is 11.6. The molecule has 1 rings (SSSR count). The van der Waals surface area contributed by atoms with Gasteiger partial charge in [0.25, 0.3) is 5.91 Å². The fraction of sp³-hybridized carbons (Fsp3) is 0.308. The Morgan fingerprint density at radius 1 is 1.10 bits per heavy atom. The molecule has 1 aromatic rings. The minimum Gasteiger partial charge on any atom is -0.452 e. The Bertz CT molecular complexity index is 488. The lowest BCUT2D eigenvalue weighted by molar-refractivity contribution is -0.127. The summed E-state index contributed by atoms with van der Waals surface area (Å²) in [4.78, 5) is 34.1. The molecule has 2 N–H and O–H groups in total. The van der Waals surface area contributed by atoms with Crippen LogP contribution >= 0.6 is 15.9 Å². The van der Waals surface area contributed by atoms with E-state index >= 15 is 0 Å². The van der Waals surface area contributed by atoms with Crippen LogP contribution in [0, 0.1) is 0 Å². The van der Waals surface area contributed by atoms with E-state index in [4.69, 9.17) is 4.74 Å². The molecule has 0 bridgehead atoms. The summed E-state index contributed by atoms with van der Waals surface area (Å²) in [6.45, 7) is 1.71. The summed E-state index contributed by atoms with van der Waals surface area (Å²) in [6.07, 6.45) is 0. The fourth-order valence-corrected chi connectivity index (χ4v) is 1.55. The lowest BCUT2D eigenvalue weighted by atomic mass is 10.2. The lowest BCUT2D eigenvalue weighted by Gasteiger charge is -2.06. The molecule has 0 saturated carbocycles. The molecule has 1 aromatic carbocycles. The third-order valence-corrected chi connectivity index (χ3v) is 2.76. The zero-order valence-corrected chi connectivity index (χ0v) is 12.5. The first-order valence-electron chi connectivity index (χ1n) is 5.99. The smallest absolute Gasteiger partial charge is 0.338 e. The van der Waals surface area contributed by atoms with Crippen molar-refractivity contribution in [2.24, 2.45) is 0 Å². The van der Waals surface area contributed by atoms with Crippen molar-refractivity contribution in [1.82, 2.24) is 10.6 Å². The second-order valence-corrected chi connectivity index (χ2v) is 4.73. The number of esters is 1. The molecule has 2 amide bonds. The molecular weight excluding hydrogens is 328 g/mol. The topological polar surface area (TPSA) is 84.5 Å². The molecule has 0 heterocycles. The van der Waals surface area contributed by atoms with Crippen molar-refractivity contribution in [1.29, 1.82) is 0 Å². The molecule has 7 heteroatoms. The molecule has 0 aromatic heterocycles. The Morgan fingerprint density at radius 3 is 2.35 bits per heavy atom. The number of likely N-dealkylation sites (N-methyl/N-ethyl adjacent to an activating group) is 1. The maximum absolute atomic E-state index is 11.6. The molecule has 0 aliphatic carbocycles. The van der Waals surface area contributed by atoms with Crippen molar-refractivity contribution in [3.63, 3.8) is 0 Å². The van der Waals surface area contributed by atoms with E-state index in [0.717, 1.165) is 4.47 Å². The Labute approximate surface area is 125 Å². The van der Waals surface area contributed by atoms with Gasteiger partial charge in [-0.05, 0) is 31.2 Å².